The lowest BCUT2D eigenvalue weighted by Crippen LogP contribution is -2.26. The molecule has 0 aromatic heterocycles. The molecule has 0 fully saturated rings. The Kier molecular flexibility index (Phi) is 5.45. The van der Waals surface area contributed by atoms with Gasteiger partial charge in [-0.25, -0.2) is 8.42 Å². The number of halogens is 1. The van der Waals surface area contributed by atoms with Crippen molar-refractivity contribution in [3.8, 4) is 5.75 Å². The van der Waals surface area contributed by atoms with E-state index in [9.17, 15) is 8.42 Å². The minimum absolute atomic E-state index is 0.237. The highest BCUT2D eigenvalue weighted by Crippen LogP contribution is 2.21. The summed E-state index contributed by atoms with van der Waals surface area (Å²) in [6.07, 6.45) is 0. The summed E-state index contributed by atoms with van der Waals surface area (Å²) in [5.74, 6) is 0.652. The molecule has 4 nitrogen and oxygen atoms in total. The van der Waals surface area contributed by atoms with Crippen LogP contribution in [0, 0.1) is 0 Å². The second-order valence-electron chi connectivity index (χ2n) is 4.80. The first kappa shape index (κ1) is 16.8. The molecule has 6 heteroatoms. The van der Waals surface area contributed by atoms with Crippen LogP contribution in [0.25, 0.3) is 0 Å². The second-order valence-corrected chi connectivity index (χ2v) is 7.28. The minimum Gasteiger partial charge on any atom is -0.494 e. The molecule has 0 heterocycles. The molecule has 2 aromatic carbocycles. The van der Waals surface area contributed by atoms with Gasteiger partial charge in [-0.05, 0) is 48.9 Å². The lowest BCUT2D eigenvalue weighted by molar-refractivity contribution is 0.340. The van der Waals surface area contributed by atoms with Crippen LogP contribution in [-0.2, 0) is 16.6 Å². The first-order valence-corrected chi connectivity index (χ1v) is 8.69. The zero-order valence-corrected chi connectivity index (χ0v) is 14.1. The molecule has 2 rings (SSSR count). The van der Waals surface area contributed by atoms with E-state index in [0.29, 0.717) is 17.4 Å². The minimum atomic E-state index is -3.55. The van der Waals surface area contributed by atoms with Crippen LogP contribution in [-0.4, -0.2) is 26.4 Å². The number of rotatable bonds is 6. The summed E-state index contributed by atoms with van der Waals surface area (Å²) in [4.78, 5) is 0.237. The van der Waals surface area contributed by atoms with Gasteiger partial charge in [0.25, 0.3) is 0 Å². The Morgan fingerprint density at radius 2 is 1.82 bits per heavy atom. The van der Waals surface area contributed by atoms with Gasteiger partial charge < -0.3 is 4.74 Å². The second kappa shape index (κ2) is 7.13. The molecule has 0 aliphatic rings. The average Bonchev–Trinajstić information content (AvgIpc) is 2.48. The third kappa shape index (κ3) is 4.00. The summed E-state index contributed by atoms with van der Waals surface area (Å²) in [6, 6.07) is 13.6. The highest BCUT2D eigenvalue weighted by molar-refractivity contribution is 7.89. The first-order valence-electron chi connectivity index (χ1n) is 6.87. The lowest BCUT2D eigenvalue weighted by Gasteiger charge is -2.17. The molecule has 2 aromatic rings. The van der Waals surface area contributed by atoms with E-state index in [2.05, 4.69) is 0 Å². The van der Waals surface area contributed by atoms with E-state index in [-0.39, 0.29) is 11.4 Å². The van der Waals surface area contributed by atoms with Gasteiger partial charge in [-0.2, -0.15) is 4.31 Å². The summed E-state index contributed by atoms with van der Waals surface area (Å²) in [7, 11) is -2.00. The van der Waals surface area contributed by atoms with Crippen molar-refractivity contribution in [2.24, 2.45) is 0 Å². The van der Waals surface area contributed by atoms with Crippen LogP contribution in [0.1, 0.15) is 12.5 Å². The Balaban J connectivity index is 2.18. The van der Waals surface area contributed by atoms with Crippen molar-refractivity contribution in [1.82, 2.24) is 4.31 Å². The number of nitrogens with zero attached hydrogens (tertiary/aromatic N) is 1. The number of benzene rings is 2. The van der Waals surface area contributed by atoms with Crippen LogP contribution in [0.4, 0.5) is 0 Å². The predicted octanol–water partition coefficient (Wildman–Crippen LogP) is 3.56. The van der Waals surface area contributed by atoms with E-state index in [0.717, 1.165) is 5.56 Å². The molecular formula is C16H18ClNO3S. The molecule has 118 valence electrons. The summed E-state index contributed by atoms with van der Waals surface area (Å²) >= 11 is 5.92. The molecule has 0 unspecified atom stereocenters. The van der Waals surface area contributed by atoms with Gasteiger partial charge in [0.2, 0.25) is 10.0 Å². The van der Waals surface area contributed by atoms with E-state index in [1.54, 1.807) is 49.5 Å². The molecule has 0 amide bonds. The maximum Gasteiger partial charge on any atom is 0.243 e. The van der Waals surface area contributed by atoms with E-state index >= 15 is 0 Å². The fraction of sp³-hybridized carbons (Fsp3) is 0.250. The van der Waals surface area contributed by atoms with Gasteiger partial charge >= 0.3 is 0 Å². The smallest absolute Gasteiger partial charge is 0.243 e. The molecule has 0 bridgehead atoms. The SMILES string of the molecule is CCOc1ccc(S(=O)(=O)N(C)Cc2cccc(Cl)c2)cc1. The van der Waals surface area contributed by atoms with E-state index in [1.807, 2.05) is 13.0 Å². The third-order valence-electron chi connectivity index (χ3n) is 3.14. The Labute approximate surface area is 136 Å². The van der Waals surface area contributed by atoms with Crippen LogP contribution in [0.15, 0.2) is 53.4 Å². The topological polar surface area (TPSA) is 46.6 Å². The van der Waals surface area contributed by atoms with Crippen LogP contribution in [0.2, 0.25) is 5.02 Å². The molecule has 22 heavy (non-hydrogen) atoms. The number of ether oxygens (including phenoxy) is 1. The summed E-state index contributed by atoms with van der Waals surface area (Å²) < 4.78 is 31.7. The standard InChI is InChI=1S/C16H18ClNO3S/c1-3-21-15-7-9-16(10-8-15)22(19,20)18(2)12-13-5-4-6-14(17)11-13/h4-11H,3,12H2,1-2H3. The van der Waals surface area contributed by atoms with Crippen molar-refractivity contribution in [3.05, 3.63) is 59.1 Å². The fourth-order valence-electron chi connectivity index (χ4n) is 2.03. The zero-order valence-electron chi connectivity index (χ0n) is 12.5. The van der Waals surface area contributed by atoms with E-state index in [1.165, 1.54) is 4.31 Å². The molecule has 0 radical (unpaired) electrons. The quantitative estimate of drug-likeness (QED) is 0.808. The van der Waals surface area contributed by atoms with Gasteiger partial charge in [0.15, 0.2) is 0 Å². The Morgan fingerprint density at radius 3 is 2.41 bits per heavy atom. The largest absolute Gasteiger partial charge is 0.494 e. The zero-order chi connectivity index (χ0) is 16.2. The van der Waals surface area contributed by atoms with Gasteiger partial charge in [0.1, 0.15) is 5.75 Å². The van der Waals surface area contributed by atoms with Gasteiger partial charge in [-0.15, -0.1) is 0 Å². The monoisotopic (exact) mass is 339 g/mol. The van der Waals surface area contributed by atoms with Crippen LogP contribution < -0.4 is 4.74 Å². The normalized spacial score (nSPS) is 11.6. The van der Waals surface area contributed by atoms with Crippen LogP contribution in [0.5, 0.6) is 5.75 Å². The first-order chi connectivity index (χ1) is 10.4. The molecule has 0 aliphatic carbocycles. The van der Waals surface area contributed by atoms with Crippen molar-refractivity contribution in [1.29, 1.82) is 0 Å². The van der Waals surface area contributed by atoms with Gasteiger partial charge in [-0.3, -0.25) is 0 Å². The van der Waals surface area contributed by atoms with Crippen molar-refractivity contribution in [2.75, 3.05) is 13.7 Å². The molecule has 0 spiro atoms. The summed E-state index contributed by atoms with van der Waals surface area (Å²) in [5.41, 5.74) is 0.838. The molecular weight excluding hydrogens is 322 g/mol. The average molecular weight is 340 g/mol. The maximum atomic E-state index is 12.5. The molecule has 0 saturated heterocycles. The third-order valence-corrected chi connectivity index (χ3v) is 5.19. The van der Waals surface area contributed by atoms with Gasteiger partial charge in [0.05, 0.1) is 11.5 Å². The van der Waals surface area contributed by atoms with Crippen molar-refractivity contribution < 1.29 is 13.2 Å². The Morgan fingerprint density at radius 1 is 1.14 bits per heavy atom. The van der Waals surface area contributed by atoms with E-state index in [4.69, 9.17) is 16.3 Å². The van der Waals surface area contributed by atoms with Crippen molar-refractivity contribution in [3.63, 3.8) is 0 Å². The van der Waals surface area contributed by atoms with Crippen molar-refractivity contribution >= 4 is 21.6 Å². The molecule has 0 N–H and O–H groups in total. The number of hydrogen-bond donors (Lipinski definition) is 0. The number of hydrogen-bond acceptors (Lipinski definition) is 3. The highest BCUT2D eigenvalue weighted by atomic mass is 35.5. The Bertz CT molecular complexity index is 729. The summed E-state index contributed by atoms with van der Waals surface area (Å²) in [6.45, 7) is 2.68. The molecule has 0 atom stereocenters. The van der Waals surface area contributed by atoms with Crippen LogP contribution >= 0.6 is 11.6 Å². The van der Waals surface area contributed by atoms with Crippen molar-refractivity contribution in [2.45, 2.75) is 18.4 Å². The molecule has 0 aliphatic heterocycles. The Hall–Kier alpha value is -1.56. The summed E-state index contributed by atoms with van der Waals surface area (Å²) in [5, 5.41) is 0.587. The fourth-order valence-corrected chi connectivity index (χ4v) is 3.40. The highest BCUT2D eigenvalue weighted by Gasteiger charge is 2.20. The van der Waals surface area contributed by atoms with E-state index < -0.39 is 10.0 Å². The van der Waals surface area contributed by atoms with Gasteiger partial charge in [-0.1, -0.05) is 23.7 Å². The lowest BCUT2D eigenvalue weighted by atomic mass is 10.2. The number of sulfonamides is 1. The predicted molar refractivity (Wildman–Crippen MR) is 87.7 cm³/mol. The van der Waals surface area contributed by atoms with Gasteiger partial charge in [0, 0.05) is 18.6 Å². The maximum absolute atomic E-state index is 12.5. The van der Waals surface area contributed by atoms with Crippen LogP contribution in [0.3, 0.4) is 0 Å². The molecule has 0 saturated carbocycles.